The maximum atomic E-state index is 10.5. The molecule has 4 N–H and O–H groups in total. The average Bonchev–Trinajstić information content (AvgIpc) is 2.33. The van der Waals surface area contributed by atoms with Crippen molar-refractivity contribution in [2.75, 3.05) is 19.8 Å². The molecular weight excluding hydrogens is 136 g/mol. The lowest BCUT2D eigenvalue weighted by atomic mass is 10.1. The molecule has 1 rings (SSSR count). The quantitative estimate of drug-likeness (QED) is 0.364. The minimum Gasteiger partial charge on any atom is -0.394 e. The van der Waals surface area contributed by atoms with Crippen molar-refractivity contribution in [3.8, 4) is 0 Å². The van der Waals surface area contributed by atoms with Crippen LogP contribution in [0, 0.1) is 0 Å². The molecule has 0 aliphatic carbocycles. The van der Waals surface area contributed by atoms with Crippen molar-refractivity contribution in [3.63, 3.8) is 0 Å². The lowest BCUT2D eigenvalue weighted by molar-refractivity contribution is 0.116. The number of aliphatic hydroxyl groups is 2. The van der Waals surface area contributed by atoms with Gasteiger partial charge in [0.25, 0.3) is 0 Å². The van der Waals surface area contributed by atoms with Crippen LogP contribution in [0.1, 0.15) is 0 Å². The molecule has 1 fully saturated rings. The summed E-state index contributed by atoms with van der Waals surface area (Å²) < 4.78 is 0. The second kappa shape index (κ2) is 2.43. The first-order chi connectivity index (χ1) is 4.72. The van der Waals surface area contributed by atoms with E-state index in [1.165, 1.54) is 0 Å². The lowest BCUT2D eigenvalue weighted by Crippen LogP contribution is -2.50. The third-order valence-electron chi connectivity index (χ3n) is 1.57. The van der Waals surface area contributed by atoms with Crippen molar-refractivity contribution in [1.82, 2.24) is 10.6 Å². The molecule has 0 aromatic rings. The molecule has 1 saturated heterocycles. The van der Waals surface area contributed by atoms with E-state index in [-0.39, 0.29) is 25.8 Å². The standard InChI is InChI=1S/C5H10N2O3/c8-2-5(3-9)1-6-4(10)7-5/h8-9H,1-3H2,(H2,6,7,10). The Morgan fingerprint density at radius 2 is 2.10 bits per heavy atom. The minimum absolute atomic E-state index is 0.248. The predicted molar refractivity (Wildman–Crippen MR) is 33.4 cm³/mol. The first kappa shape index (κ1) is 7.30. The van der Waals surface area contributed by atoms with Crippen LogP contribution >= 0.6 is 0 Å². The van der Waals surface area contributed by atoms with Crippen LogP contribution in [0.3, 0.4) is 0 Å². The molecule has 0 unspecified atom stereocenters. The van der Waals surface area contributed by atoms with Gasteiger partial charge in [-0.2, -0.15) is 0 Å². The van der Waals surface area contributed by atoms with Crippen LogP contribution in [-0.4, -0.2) is 41.5 Å². The first-order valence-electron chi connectivity index (χ1n) is 3.00. The van der Waals surface area contributed by atoms with E-state index >= 15 is 0 Å². The topological polar surface area (TPSA) is 81.6 Å². The van der Waals surface area contributed by atoms with Crippen LogP contribution in [0.5, 0.6) is 0 Å². The smallest absolute Gasteiger partial charge is 0.315 e. The van der Waals surface area contributed by atoms with Gasteiger partial charge in [0.1, 0.15) is 5.54 Å². The Bertz CT molecular complexity index is 144. The maximum Gasteiger partial charge on any atom is 0.315 e. The number of hydrogen-bond acceptors (Lipinski definition) is 3. The molecule has 0 saturated carbocycles. The highest BCUT2D eigenvalue weighted by molar-refractivity contribution is 5.77. The molecule has 0 atom stereocenters. The largest absolute Gasteiger partial charge is 0.394 e. The average molecular weight is 146 g/mol. The summed E-state index contributed by atoms with van der Waals surface area (Å²) in [6, 6.07) is -0.344. The highest BCUT2D eigenvalue weighted by Gasteiger charge is 2.36. The Morgan fingerprint density at radius 1 is 1.50 bits per heavy atom. The second-order valence-corrected chi connectivity index (χ2v) is 2.40. The Kier molecular flexibility index (Phi) is 1.78. The summed E-state index contributed by atoms with van der Waals surface area (Å²) in [5.41, 5.74) is -0.850. The zero-order valence-corrected chi connectivity index (χ0v) is 5.42. The normalized spacial score (nSPS) is 22.0. The van der Waals surface area contributed by atoms with E-state index in [0.717, 1.165) is 0 Å². The number of amides is 2. The van der Waals surface area contributed by atoms with Crippen LogP contribution in [0.4, 0.5) is 4.79 Å². The van der Waals surface area contributed by atoms with Gasteiger partial charge in [0.2, 0.25) is 0 Å². The van der Waals surface area contributed by atoms with Crippen molar-refractivity contribution in [2.24, 2.45) is 0 Å². The molecule has 0 radical (unpaired) electrons. The van der Waals surface area contributed by atoms with Crippen molar-refractivity contribution in [1.29, 1.82) is 0 Å². The molecule has 10 heavy (non-hydrogen) atoms. The predicted octanol–water partition coefficient (Wildman–Crippen LogP) is -1.98. The van der Waals surface area contributed by atoms with Gasteiger partial charge >= 0.3 is 6.03 Å². The third kappa shape index (κ3) is 1.05. The fraction of sp³-hybridized carbons (Fsp3) is 0.800. The van der Waals surface area contributed by atoms with Crippen molar-refractivity contribution in [2.45, 2.75) is 5.54 Å². The number of urea groups is 1. The second-order valence-electron chi connectivity index (χ2n) is 2.40. The summed E-state index contributed by atoms with van der Waals surface area (Å²) >= 11 is 0. The highest BCUT2D eigenvalue weighted by Crippen LogP contribution is 2.05. The SMILES string of the molecule is O=C1NCC(CO)(CO)N1. The van der Waals surface area contributed by atoms with Gasteiger partial charge in [-0.15, -0.1) is 0 Å². The van der Waals surface area contributed by atoms with E-state index < -0.39 is 5.54 Å². The Labute approximate surface area is 58.0 Å². The lowest BCUT2D eigenvalue weighted by Gasteiger charge is -2.21. The van der Waals surface area contributed by atoms with E-state index in [0.29, 0.717) is 0 Å². The molecular formula is C5H10N2O3. The molecule has 5 nitrogen and oxygen atoms in total. The molecule has 1 aliphatic heterocycles. The zero-order valence-electron chi connectivity index (χ0n) is 5.42. The highest BCUT2D eigenvalue weighted by atomic mass is 16.3. The van der Waals surface area contributed by atoms with Crippen LogP contribution in [-0.2, 0) is 0 Å². The Hall–Kier alpha value is -0.810. The molecule has 5 heteroatoms. The van der Waals surface area contributed by atoms with E-state index in [4.69, 9.17) is 10.2 Å². The summed E-state index contributed by atoms with van der Waals surface area (Å²) in [4.78, 5) is 10.5. The molecule has 0 aromatic heterocycles. The summed E-state index contributed by atoms with van der Waals surface area (Å²) in [6.07, 6.45) is 0. The fourth-order valence-corrected chi connectivity index (χ4v) is 0.820. The molecule has 2 amide bonds. The molecule has 1 aliphatic rings. The summed E-state index contributed by atoms with van der Waals surface area (Å²) in [5.74, 6) is 0. The minimum atomic E-state index is -0.850. The van der Waals surface area contributed by atoms with Gasteiger partial charge in [-0.1, -0.05) is 0 Å². The Balaban J connectivity index is 2.59. The van der Waals surface area contributed by atoms with Gasteiger partial charge in [0.05, 0.1) is 13.2 Å². The van der Waals surface area contributed by atoms with Gasteiger partial charge in [-0.25, -0.2) is 4.79 Å². The van der Waals surface area contributed by atoms with Crippen molar-refractivity contribution in [3.05, 3.63) is 0 Å². The number of hydrogen-bond donors (Lipinski definition) is 4. The van der Waals surface area contributed by atoms with E-state index in [1.807, 2.05) is 0 Å². The molecule has 0 aromatic carbocycles. The van der Waals surface area contributed by atoms with E-state index in [9.17, 15) is 4.79 Å². The van der Waals surface area contributed by atoms with Crippen molar-refractivity contribution >= 4 is 6.03 Å². The fourth-order valence-electron chi connectivity index (χ4n) is 0.820. The number of carbonyl (C=O) groups excluding carboxylic acids is 1. The zero-order chi connectivity index (χ0) is 7.61. The van der Waals surface area contributed by atoms with E-state index in [1.54, 1.807) is 0 Å². The number of rotatable bonds is 2. The number of aliphatic hydroxyl groups excluding tert-OH is 2. The van der Waals surface area contributed by atoms with Crippen LogP contribution in [0.25, 0.3) is 0 Å². The van der Waals surface area contributed by atoms with Crippen LogP contribution < -0.4 is 10.6 Å². The van der Waals surface area contributed by atoms with Crippen LogP contribution in [0.2, 0.25) is 0 Å². The Morgan fingerprint density at radius 3 is 2.30 bits per heavy atom. The molecule has 0 spiro atoms. The van der Waals surface area contributed by atoms with Gasteiger partial charge < -0.3 is 20.8 Å². The van der Waals surface area contributed by atoms with Crippen molar-refractivity contribution < 1.29 is 15.0 Å². The van der Waals surface area contributed by atoms with Gasteiger partial charge in [-0.05, 0) is 0 Å². The van der Waals surface area contributed by atoms with E-state index in [2.05, 4.69) is 10.6 Å². The third-order valence-corrected chi connectivity index (χ3v) is 1.57. The molecule has 1 heterocycles. The first-order valence-corrected chi connectivity index (χ1v) is 3.00. The molecule has 58 valence electrons. The molecule has 0 bridgehead atoms. The number of carbonyl (C=O) groups is 1. The summed E-state index contributed by atoms with van der Waals surface area (Å²) in [7, 11) is 0. The maximum absolute atomic E-state index is 10.5. The monoisotopic (exact) mass is 146 g/mol. The number of nitrogens with one attached hydrogen (secondary N) is 2. The summed E-state index contributed by atoms with van der Waals surface area (Å²) in [5, 5.41) is 22.3. The van der Waals surface area contributed by atoms with Crippen LogP contribution in [0.15, 0.2) is 0 Å². The van der Waals surface area contributed by atoms with Gasteiger partial charge in [-0.3, -0.25) is 0 Å². The van der Waals surface area contributed by atoms with Gasteiger partial charge in [0, 0.05) is 6.54 Å². The summed E-state index contributed by atoms with van der Waals surface area (Å²) in [6.45, 7) is -0.219. The van der Waals surface area contributed by atoms with Gasteiger partial charge in [0.15, 0.2) is 0 Å².